The number of hydrogen-bond donors (Lipinski definition) is 2. The van der Waals surface area contributed by atoms with Crippen LogP contribution in [0.2, 0.25) is 5.02 Å². The summed E-state index contributed by atoms with van der Waals surface area (Å²) < 4.78 is 0. The van der Waals surface area contributed by atoms with Gasteiger partial charge in [-0.3, -0.25) is 4.90 Å². The molecule has 4 N–H and O–H groups in total. The lowest BCUT2D eigenvalue weighted by Crippen LogP contribution is -2.43. The Morgan fingerprint density at radius 1 is 1.17 bits per heavy atom. The summed E-state index contributed by atoms with van der Waals surface area (Å²) in [5, 5.41) is 0.772. The third kappa shape index (κ3) is 3.45. The van der Waals surface area contributed by atoms with Gasteiger partial charge in [0.1, 0.15) is 0 Å². The fourth-order valence-corrected chi connectivity index (χ4v) is 2.98. The third-order valence-electron chi connectivity index (χ3n) is 3.66. The van der Waals surface area contributed by atoms with Crippen molar-refractivity contribution >= 4 is 11.6 Å². The van der Waals surface area contributed by atoms with Crippen molar-refractivity contribution in [3.8, 4) is 0 Å². The first-order valence-electron chi connectivity index (χ1n) is 6.65. The van der Waals surface area contributed by atoms with E-state index in [0.29, 0.717) is 12.6 Å². The number of piperidine rings is 1. The standard InChI is InChI=1S/C14H22ClN3/c15-13-6-11(8-16)5-12(7-13)10-18-4-2-1-3-14(18)9-17/h5-7,14H,1-4,8-10,16-17H2. The molecule has 1 fully saturated rings. The Kier molecular flexibility index (Phi) is 5.01. The van der Waals surface area contributed by atoms with Gasteiger partial charge in [-0.05, 0) is 42.6 Å². The molecule has 1 aromatic rings. The predicted molar refractivity (Wildman–Crippen MR) is 76.4 cm³/mol. The number of nitrogens with two attached hydrogens (primary N) is 2. The second-order valence-electron chi connectivity index (χ2n) is 5.03. The molecular weight excluding hydrogens is 246 g/mol. The number of rotatable bonds is 4. The van der Waals surface area contributed by atoms with Crippen LogP contribution in [0.25, 0.3) is 0 Å². The number of nitrogens with zero attached hydrogens (tertiary/aromatic N) is 1. The van der Waals surface area contributed by atoms with E-state index < -0.39 is 0 Å². The zero-order valence-corrected chi connectivity index (χ0v) is 11.5. The molecule has 100 valence electrons. The van der Waals surface area contributed by atoms with Crippen molar-refractivity contribution in [3.05, 3.63) is 34.3 Å². The predicted octanol–water partition coefficient (Wildman–Crippen LogP) is 2.11. The van der Waals surface area contributed by atoms with E-state index in [4.69, 9.17) is 23.1 Å². The Hall–Kier alpha value is -0.610. The Bertz CT molecular complexity index is 395. The van der Waals surface area contributed by atoms with Crippen molar-refractivity contribution in [2.45, 2.75) is 38.4 Å². The Morgan fingerprint density at radius 2 is 1.94 bits per heavy atom. The zero-order valence-electron chi connectivity index (χ0n) is 10.7. The first-order valence-corrected chi connectivity index (χ1v) is 7.03. The van der Waals surface area contributed by atoms with Crippen LogP contribution in [-0.4, -0.2) is 24.0 Å². The van der Waals surface area contributed by atoms with Crippen LogP contribution in [0, 0.1) is 0 Å². The van der Waals surface area contributed by atoms with E-state index in [2.05, 4.69) is 11.0 Å². The van der Waals surface area contributed by atoms with E-state index in [1.807, 2.05) is 12.1 Å². The van der Waals surface area contributed by atoms with E-state index in [1.54, 1.807) is 0 Å². The molecule has 3 nitrogen and oxygen atoms in total. The van der Waals surface area contributed by atoms with Gasteiger partial charge in [-0.15, -0.1) is 0 Å². The molecule has 0 aliphatic carbocycles. The molecule has 1 heterocycles. The van der Waals surface area contributed by atoms with Gasteiger partial charge in [-0.25, -0.2) is 0 Å². The topological polar surface area (TPSA) is 55.3 Å². The molecule has 0 saturated carbocycles. The van der Waals surface area contributed by atoms with Crippen molar-refractivity contribution in [1.29, 1.82) is 0 Å². The minimum absolute atomic E-state index is 0.513. The summed E-state index contributed by atoms with van der Waals surface area (Å²) in [6, 6.07) is 6.62. The largest absolute Gasteiger partial charge is 0.329 e. The van der Waals surface area contributed by atoms with Gasteiger partial charge in [-0.2, -0.15) is 0 Å². The summed E-state index contributed by atoms with van der Waals surface area (Å²) in [4.78, 5) is 2.47. The molecule has 1 atom stereocenters. The molecule has 1 aromatic carbocycles. The molecule has 1 aliphatic heterocycles. The van der Waals surface area contributed by atoms with Gasteiger partial charge in [0.25, 0.3) is 0 Å². The van der Waals surface area contributed by atoms with E-state index in [0.717, 1.165) is 30.2 Å². The summed E-state index contributed by atoms with van der Waals surface area (Å²) in [7, 11) is 0. The molecule has 0 amide bonds. The Balaban J connectivity index is 2.09. The van der Waals surface area contributed by atoms with Crippen LogP contribution in [0.4, 0.5) is 0 Å². The number of benzene rings is 1. The van der Waals surface area contributed by atoms with E-state index >= 15 is 0 Å². The van der Waals surface area contributed by atoms with Crippen molar-refractivity contribution < 1.29 is 0 Å². The normalized spacial score (nSPS) is 21.2. The molecule has 1 aliphatic rings. The maximum absolute atomic E-state index is 6.12. The highest BCUT2D eigenvalue weighted by Gasteiger charge is 2.21. The van der Waals surface area contributed by atoms with Crippen LogP contribution in [0.3, 0.4) is 0 Å². The van der Waals surface area contributed by atoms with Gasteiger partial charge >= 0.3 is 0 Å². The lowest BCUT2D eigenvalue weighted by Gasteiger charge is -2.35. The van der Waals surface area contributed by atoms with Crippen molar-refractivity contribution in [2.24, 2.45) is 11.5 Å². The minimum atomic E-state index is 0.513. The second kappa shape index (κ2) is 6.53. The van der Waals surface area contributed by atoms with Crippen LogP contribution in [0.5, 0.6) is 0 Å². The maximum atomic E-state index is 6.12. The summed E-state index contributed by atoms with van der Waals surface area (Å²) in [5.41, 5.74) is 13.9. The fraction of sp³-hybridized carbons (Fsp3) is 0.571. The van der Waals surface area contributed by atoms with Crippen LogP contribution in [0.15, 0.2) is 18.2 Å². The first kappa shape index (κ1) is 13.8. The third-order valence-corrected chi connectivity index (χ3v) is 3.88. The molecule has 0 spiro atoms. The zero-order chi connectivity index (χ0) is 13.0. The van der Waals surface area contributed by atoms with Gasteiger partial charge in [0, 0.05) is 30.7 Å². The molecule has 1 unspecified atom stereocenters. The minimum Gasteiger partial charge on any atom is -0.329 e. The molecule has 0 radical (unpaired) electrons. The first-order chi connectivity index (χ1) is 8.72. The van der Waals surface area contributed by atoms with Gasteiger partial charge in [0.15, 0.2) is 0 Å². The van der Waals surface area contributed by atoms with Gasteiger partial charge in [0.05, 0.1) is 0 Å². The average Bonchev–Trinajstić information content (AvgIpc) is 2.38. The summed E-state index contributed by atoms with van der Waals surface area (Å²) in [6.45, 7) is 3.33. The highest BCUT2D eigenvalue weighted by Crippen LogP contribution is 2.21. The molecule has 0 bridgehead atoms. The molecule has 1 saturated heterocycles. The lowest BCUT2D eigenvalue weighted by atomic mass is 10.0. The monoisotopic (exact) mass is 267 g/mol. The van der Waals surface area contributed by atoms with Crippen LogP contribution in [0.1, 0.15) is 30.4 Å². The SMILES string of the molecule is NCc1cc(Cl)cc(CN2CCCCC2CN)c1. The van der Waals surface area contributed by atoms with Crippen molar-refractivity contribution in [3.63, 3.8) is 0 Å². The quantitative estimate of drug-likeness (QED) is 0.879. The number of halogens is 1. The average molecular weight is 268 g/mol. The van der Waals surface area contributed by atoms with Crippen LogP contribution < -0.4 is 11.5 Å². The summed E-state index contributed by atoms with van der Waals surface area (Å²) in [6.07, 6.45) is 3.77. The van der Waals surface area contributed by atoms with Crippen molar-refractivity contribution in [2.75, 3.05) is 13.1 Å². The number of hydrogen-bond acceptors (Lipinski definition) is 3. The van der Waals surface area contributed by atoms with Crippen molar-refractivity contribution in [1.82, 2.24) is 4.90 Å². The lowest BCUT2D eigenvalue weighted by molar-refractivity contribution is 0.145. The van der Waals surface area contributed by atoms with Crippen LogP contribution in [-0.2, 0) is 13.1 Å². The molecular formula is C14H22ClN3. The van der Waals surface area contributed by atoms with E-state index in [-0.39, 0.29) is 0 Å². The summed E-state index contributed by atoms with van der Waals surface area (Å²) >= 11 is 6.12. The highest BCUT2D eigenvalue weighted by molar-refractivity contribution is 6.30. The van der Waals surface area contributed by atoms with E-state index in [1.165, 1.54) is 24.8 Å². The van der Waals surface area contributed by atoms with Crippen LogP contribution >= 0.6 is 11.6 Å². The second-order valence-corrected chi connectivity index (χ2v) is 5.46. The molecule has 4 heteroatoms. The maximum Gasteiger partial charge on any atom is 0.0412 e. The smallest absolute Gasteiger partial charge is 0.0412 e. The Morgan fingerprint density at radius 3 is 2.67 bits per heavy atom. The highest BCUT2D eigenvalue weighted by atomic mass is 35.5. The Labute approximate surface area is 114 Å². The molecule has 0 aromatic heterocycles. The van der Waals surface area contributed by atoms with Gasteiger partial charge in [0.2, 0.25) is 0 Å². The van der Waals surface area contributed by atoms with E-state index in [9.17, 15) is 0 Å². The molecule has 18 heavy (non-hydrogen) atoms. The fourth-order valence-electron chi connectivity index (χ4n) is 2.70. The number of likely N-dealkylation sites (tertiary alicyclic amines) is 1. The van der Waals surface area contributed by atoms with Gasteiger partial charge < -0.3 is 11.5 Å². The molecule has 2 rings (SSSR count). The summed E-state index contributed by atoms with van der Waals surface area (Å²) in [5.74, 6) is 0. The van der Waals surface area contributed by atoms with Gasteiger partial charge in [-0.1, -0.05) is 24.1 Å².